The molecule has 7 nitrogen and oxygen atoms in total. The number of aromatic amines is 2. The molecule has 9 heteroatoms. The molecule has 0 fully saturated rings. The second-order valence-electron chi connectivity index (χ2n) is 7.56. The number of nitrogens with zero attached hydrogens (tertiary/aromatic N) is 3. The summed E-state index contributed by atoms with van der Waals surface area (Å²) in [7, 11) is 0. The Morgan fingerprint density at radius 1 is 1.39 bits per heavy atom. The minimum absolute atomic E-state index is 0.0510. The van der Waals surface area contributed by atoms with E-state index in [2.05, 4.69) is 29.0 Å². The standard InChI is InChI=1S/C19H25N5O2S2/c1-4-5-8-24-18(26)22-23-19(24)27-11(3)15-20-16(25)14-12-7-6-10(2)9-13(12)28-17(14)21-15/h10-11H,4-9H2,1-3H3,(H,22,26)(H,20,21,25)/t10-,11-/m0/s1. The van der Waals surface area contributed by atoms with Gasteiger partial charge in [-0.05, 0) is 44.1 Å². The van der Waals surface area contributed by atoms with Crippen molar-refractivity contribution in [1.29, 1.82) is 0 Å². The summed E-state index contributed by atoms with van der Waals surface area (Å²) in [5, 5.41) is 7.96. The Morgan fingerprint density at radius 3 is 3.00 bits per heavy atom. The summed E-state index contributed by atoms with van der Waals surface area (Å²) in [4.78, 5) is 34.7. The highest BCUT2D eigenvalue weighted by molar-refractivity contribution is 7.99. The van der Waals surface area contributed by atoms with Crippen LogP contribution < -0.4 is 11.2 Å². The third kappa shape index (κ3) is 3.57. The highest BCUT2D eigenvalue weighted by atomic mass is 32.2. The van der Waals surface area contributed by atoms with E-state index < -0.39 is 0 Å². The molecule has 2 atom stereocenters. The van der Waals surface area contributed by atoms with Gasteiger partial charge >= 0.3 is 5.69 Å². The quantitative estimate of drug-likeness (QED) is 0.595. The van der Waals surface area contributed by atoms with E-state index in [-0.39, 0.29) is 16.5 Å². The molecule has 0 unspecified atom stereocenters. The fourth-order valence-electron chi connectivity index (χ4n) is 3.68. The lowest BCUT2D eigenvalue weighted by molar-refractivity contribution is 0.509. The van der Waals surface area contributed by atoms with E-state index in [0.717, 1.165) is 42.3 Å². The van der Waals surface area contributed by atoms with Gasteiger partial charge in [-0.15, -0.1) is 16.4 Å². The maximum atomic E-state index is 12.8. The van der Waals surface area contributed by atoms with Gasteiger partial charge in [-0.25, -0.2) is 14.9 Å². The van der Waals surface area contributed by atoms with E-state index in [1.807, 2.05) is 6.92 Å². The fourth-order valence-corrected chi connectivity index (χ4v) is 6.01. The van der Waals surface area contributed by atoms with Gasteiger partial charge in [0.1, 0.15) is 10.7 Å². The molecular weight excluding hydrogens is 394 g/mol. The Morgan fingerprint density at radius 2 is 2.21 bits per heavy atom. The van der Waals surface area contributed by atoms with Crippen molar-refractivity contribution in [3.63, 3.8) is 0 Å². The third-order valence-corrected chi connectivity index (χ3v) is 7.56. The minimum Gasteiger partial charge on any atom is -0.309 e. The van der Waals surface area contributed by atoms with Crippen LogP contribution in [0.25, 0.3) is 10.2 Å². The van der Waals surface area contributed by atoms with Crippen molar-refractivity contribution >= 4 is 33.3 Å². The molecule has 3 aromatic heterocycles. The zero-order chi connectivity index (χ0) is 19.8. The molecule has 0 radical (unpaired) electrons. The summed E-state index contributed by atoms with van der Waals surface area (Å²) in [5.41, 5.74) is 0.949. The average Bonchev–Trinajstić information content (AvgIpc) is 3.19. The summed E-state index contributed by atoms with van der Waals surface area (Å²) in [6.07, 6.45) is 5.04. The number of aromatic nitrogens is 5. The largest absolute Gasteiger partial charge is 0.343 e. The monoisotopic (exact) mass is 419 g/mol. The molecule has 28 heavy (non-hydrogen) atoms. The van der Waals surface area contributed by atoms with Gasteiger partial charge in [-0.2, -0.15) is 0 Å². The van der Waals surface area contributed by atoms with Crippen molar-refractivity contribution in [2.45, 2.75) is 69.8 Å². The first-order chi connectivity index (χ1) is 13.5. The minimum atomic E-state index is -0.194. The summed E-state index contributed by atoms with van der Waals surface area (Å²) < 4.78 is 1.66. The van der Waals surface area contributed by atoms with Gasteiger partial charge in [-0.3, -0.25) is 9.36 Å². The molecule has 0 saturated carbocycles. The molecule has 4 rings (SSSR count). The lowest BCUT2D eigenvalue weighted by Crippen LogP contribution is -2.18. The highest BCUT2D eigenvalue weighted by Gasteiger charge is 2.24. The average molecular weight is 420 g/mol. The zero-order valence-corrected chi connectivity index (χ0v) is 18.0. The maximum absolute atomic E-state index is 12.8. The molecule has 150 valence electrons. The maximum Gasteiger partial charge on any atom is 0.343 e. The van der Waals surface area contributed by atoms with Crippen LogP contribution in [0.5, 0.6) is 0 Å². The van der Waals surface area contributed by atoms with Gasteiger partial charge in [0, 0.05) is 11.4 Å². The summed E-state index contributed by atoms with van der Waals surface area (Å²) in [6, 6.07) is 0. The topological polar surface area (TPSA) is 96.4 Å². The predicted octanol–water partition coefficient (Wildman–Crippen LogP) is 3.65. The Hall–Kier alpha value is -1.87. The second kappa shape index (κ2) is 7.87. The number of aryl methyl sites for hydroxylation is 1. The molecule has 1 aliphatic carbocycles. The Labute approximate surface area is 171 Å². The predicted molar refractivity (Wildman–Crippen MR) is 113 cm³/mol. The summed E-state index contributed by atoms with van der Waals surface area (Å²) in [5.74, 6) is 1.29. The number of H-pyrrole nitrogens is 2. The number of fused-ring (bicyclic) bond motifs is 3. The first kappa shape index (κ1) is 19.4. The molecule has 0 saturated heterocycles. The first-order valence-electron chi connectivity index (χ1n) is 9.84. The van der Waals surface area contributed by atoms with Crippen LogP contribution in [-0.4, -0.2) is 24.7 Å². The highest BCUT2D eigenvalue weighted by Crippen LogP contribution is 2.37. The van der Waals surface area contributed by atoms with E-state index in [9.17, 15) is 9.59 Å². The Balaban J connectivity index is 1.65. The zero-order valence-electron chi connectivity index (χ0n) is 16.4. The SMILES string of the molecule is CCCCn1c(S[C@@H](C)c2nc3sc4c(c3c(=O)[nH]2)CC[C@H](C)C4)n[nH]c1=O. The molecular formula is C19H25N5O2S2. The molecule has 0 aliphatic heterocycles. The lowest BCUT2D eigenvalue weighted by atomic mass is 9.89. The van der Waals surface area contributed by atoms with Gasteiger partial charge in [0.2, 0.25) is 0 Å². The number of unbranched alkanes of at least 4 members (excludes halogenated alkanes) is 1. The van der Waals surface area contributed by atoms with E-state index >= 15 is 0 Å². The number of nitrogens with one attached hydrogen (secondary N) is 2. The Kier molecular flexibility index (Phi) is 5.46. The molecule has 2 N–H and O–H groups in total. The summed E-state index contributed by atoms with van der Waals surface area (Å²) in [6.45, 7) is 6.97. The van der Waals surface area contributed by atoms with Crippen LogP contribution in [0.3, 0.4) is 0 Å². The molecule has 0 amide bonds. The lowest BCUT2D eigenvalue weighted by Gasteiger charge is -2.17. The van der Waals surface area contributed by atoms with Gasteiger partial charge in [-0.1, -0.05) is 32.0 Å². The fraction of sp³-hybridized carbons (Fsp3) is 0.579. The van der Waals surface area contributed by atoms with Gasteiger partial charge < -0.3 is 4.98 Å². The molecule has 1 aliphatic rings. The van der Waals surface area contributed by atoms with Gasteiger partial charge in [0.05, 0.1) is 10.6 Å². The van der Waals surface area contributed by atoms with Crippen molar-refractivity contribution in [3.8, 4) is 0 Å². The van der Waals surface area contributed by atoms with Crippen molar-refractivity contribution < 1.29 is 0 Å². The van der Waals surface area contributed by atoms with Crippen LogP contribution >= 0.6 is 23.1 Å². The number of hydrogen-bond donors (Lipinski definition) is 2. The molecule has 3 heterocycles. The van der Waals surface area contributed by atoms with Gasteiger partial charge in [0.15, 0.2) is 5.16 Å². The van der Waals surface area contributed by atoms with Crippen molar-refractivity contribution in [3.05, 3.63) is 37.1 Å². The van der Waals surface area contributed by atoms with E-state index in [0.29, 0.717) is 23.4 Å². The third-order valence-electron chi connectivity index (χ3n) is 5.31. The van der Waals surface area contributed by atoms with Gasteiger partial charge in [0.25, 0.3) is 5.56 Å². The molecule has 0 bridgehead atoms. The number of rotatable bonds is 6. The van der Waals surface area contributed by atoms with Crippen molar-refractivity contribution in [1.82, 2.24) is 24.7 Å². The summed E-state index contributed by atoms with van der Waals surface area (Å²) >= 11 is 3.10. The second-order valence-corrected chi connectivity index (χ2v) is 9.95. The molecule has 3 aromatic rings. The van der Waals surface area contributed by atoms with E-state index in [4.69, 9.17) is 4.98 Å². The van der Waals surface area contributed by atoms with Crippen LogP contribution in [0.15, 0.2) is 14.7 Å². The van der Waals surface area contributed by atoms with Crippen LogP contribution in [0.2, 0.25) is 0 Å². The van der Waals surface area contributed by atoms with E-state index in [1.54, 1.807) is 15.9 Å². The van der Waals surface area contributed by atoms with Crippen LogP contribution in [0.4, 0.5) is 0 Å². The van der Waals surface area contributed by atoms with Crippen molar-refractivity contribution in [2.24, 2.45) is 5.92 Å². The first-order valence-corrected chi connectivity index (χ1v) is 11.5. The van der Waals surface area contributed by atoms with Crippen molar-refractivity contribution in [2.75, 3.05) is 0 Å². The molecule has 0 spiro atoms. The van der Waals surface area contributed by atoms with E-state index in [1.165, 1.54) is 22.2 Å². The Bertz CT molecular complexity index is 1110. The molecule has 0 aromatic carbocycles. The smallest absolute Gasteiger partial charge is 0.309 e. The number of thioether (sulfide) groups is 1. The normalized spacial score (nSPS) is 17.8. The van der Waals surface area contributed by atoms with Crippen LogP contribution in [-0.2, 0) is 19.4 Å². The van der Waals surface area contributed by atoms with Crippen LogP contribution in [0, 0.1) is 5.92 Å². The number of hydrogen-bond acceptors (Lipinski definition) is 6. The van der Waals surface area contributed by atoms with Crippen LogP contribution in [0.1, 0.15) is 61.5 Å². The number of thiophene rings is 1.